The summed E-state index contributed by atoms with van der Waals surface area (Å²) >= 11 is 1.07. The van der Waals surface area contributed by atoms with Crippen LogP contribution in [0.3, 0.4) is 0 Å². The molecule has 3 rings (SSSR count). The van der Waals surface area contributed by atoms with Gasteiger partial charge >= 0.3 is 0 Å². The fraction of sp³-hybridized carbons (Fsp3) is 0.677. The minimum absolute atomic E-state index is 0.0330. The first-order valence-corrected chi connectivity index (χ1v) is 23.3. The first kappa shape index (κ1) is 50.7. The molecule has 1 saturated heterocycles. The van der Waals surface area contributed by atoms with Gasteiger partial charge in [-0.3, -0.25) is 28.1 Å². The maximum Gasteiger partial charge on any atom is 0.274 e. The molecule has 1 aliphatic heterocycles. The largest absolute Gasteiger partial charge is 0.790 e. The van der Waals surface area contributed by atoms with E-state index in [9.17, 15) is 57.9 Å². The summed E-state index contributed by atoms with van der Waals surface area (Å²) in [5.41, 5.74) is 2.88. The number of allylic oxidation sites excluding steroid dienone is 1. The molecule has 7 unspecified atom stereocenters. The summed E-state index contributed by atoms with van der Waals surface area (Å²) in [6.07, 6.45) is -1.95. The van der Waals surface area contributed by atoms with Gasteiger partial charge in [-0.05, 0) is 19.8 Å². The van der Waals surface area contributed by atoms with Gasteiger partial charge in [0.15, 0.2) is 22.3 Å². The first-order valence-electron chi connectivity index (χ1n) is 18.0. The second-order valence-electron chi connectivity index (χ2n) is 14.2. The third kappa shape index (κ3) is 15.3. The number of amides is 2. The second kappa shape index (κ2) is 21.4. The SMILES string of the molecule is C=C(CCCCC)CC(=O)SCCNC(=O)CCNC(=O)C(O)C(C)(C)COP(=O)([O-])OP(=O)([O-])OCC1OC(C)(n2cnc3c(N)ncnc32)C(O)C1OP(=O)([O-])[O-]. The number of nitrogens with zero attached hydrogens (tertiary/aromatic N) is 4. The number of nitrogens with one attached hydrogen (secondary N) is 2. The average Bonchev–Trinajstić information content (AvgIpc) is 3.67. The molecule has 2 aromatic rings. The highest BCUT2D eigenvalue weighted by atomic mass is 32.2. The number of carbonyl (C=O) groups is 3. The summed E-state index contributed by atoms with van der Waals surface area (Å²) in [6.45, 7) is 7.25. The van der Waals surface area contributed by atoms with E-state index in [1.807, 2.05) is 0 Å². The minimum Gasteiger partial charge on any atom is -0.790 e. The number of ether oxygens (including phenoxy) is 1. The molecule has 0 radical (unpaired) electrons. The topological polar surface area (TPSA) is 375 Å². The lowest BCUT2D eigenvalue weighted by atomic mass is 9.87. The predicted octanol–water partition coefficient (Wildman–Crippen LogP) is -1.16. The summed E-state index contributed by atoms with van der Waals surface area (Å²) in [6, 6.07) is 0. The number of hydrogen-bond acceptors (Lipinski definition) is 22. The predicted molar refractivity (Wildman–Crippen MR) is 201 cm³/mol. The van der Waals surface area contributed by atoms with E-state index in [4.69, 9.17) is 10.5 Å². The number of hydrogen-bond donors (Lipinski definition) is 5. The number of fused-ring (bicyclic) bond motifs is 1. The zero-order valence-electron chi connectivity index (χ0n) is 32.6. The maximum absolute atomic E-state index is 12.6. The Hall–Kier alpha value is -2.70. The average molecular weight is 916 g/mol. The van der Waals surface area contributed by atoms with Crippen LogP contribution in [0.2, 0.25) is 0 Å². The Morgan fingerprint density at radius 3 is 2.42 bits per heavy atom. The van der Waals surface area contributed by atoms with Gasteiger partial charge in [-0.15, -0.1) is 0 Å². The Balaban J connectivity index is 1.48. The smallest absolute Gasteiger partial charge is 0.274 e. The summed E-state index contributed by atoms with van der Waals surface area (Å²) < 4.78 is 61.1. The van der Waals surface area contributed by atoms with Gasteiger partial charge in [-0.25, -0.2) is 19.3 Å². The molecule has 0 spiro atoms. The first-order chi connectivity index (χ1) is 27.3. The number of anilines is 1. The highest BCUT2D eigenvalue weighted by molar-refractivity contribution is 8.13. The Morgan fingerprint density at radius 2 is 1.76 bits per heavy atom. The van der Waals surface area contributed by atoms with Gasteiger partial charge in [0, 0.05) is 37.1 Å². The van der Waals surface area contributed by atoms with Crippen molar-refractivity contribution in [2.45, 2.75) is 96.4 Å². The van der Waals surface area contributed by atoms with Crippen LogP contribution in [0.4, 0.5) is 5.82 Å². The molecule has 6 N–H and O–H groups in total. The van der Waals surface area contributed by atoms with Gasteiger partial charge in [-0.1, -0.05) is 57.5 Å². The van der Waals surface area contributed by atoms with E-state index in [0.29, 0.717) is 5.75 Å². The molecule has 2 aromatic heterocycles. The van der Waals surface area contributed by atoms with Gasteiger partial charge in [0.05, 0.1) is 27.4 Å². The molecule has 334 valence electrons. The van der Waals surface area contributed by atoms with Crippen LogP contribution >= 0.6 is 35.2 Å². The monoisotopic (exact) mass is 915 g/mol. The molecule has 0 aromatic carbocycles. The van der Waals surface area contributed by atoms with E-state index in [-0.39, 0.29) is 48.0 Å². The van der Waals surface area contributed by atoms with Crippen molar-refractivity contribution < 1.29 is 80.5 Å². The zero-order valence-corrected chi connectivity index (χ0v) is 36.1. The van der Waals surface area contributed by atoms with Gasteiger partial charge in [0.1, 0.15) is 36.3 Å². The summed E-state index contributed by atoms with van der Waals surface area (Å²) in [5.74, 6) is -1.23. The number of imidazole rings is 1. The van der Waals surface area contributed by atoms with E-state index >= 15 is 0 Å². The number of phosphoric acid groups is 3. The van der Waals surface area contributed by atoms with Crippen LogP contribution in [0, 0.1) is 5.41 Å². The Kier molecular flexibility index (Phi) is 18.4. The number of aliphatic hydroxyl groups excluding tert-OH is 2. The third-order valence-electron chi connectivity index (χ3n) is 8.75. The number of unbranched alkanes of at least 4 members (excludes halogenated alkanes) is 2. The van der Waals surface area contributed by atoms with Crippen molar-refractivity contribution in [1.29, 1.82) is 0 Å². The third-order valence-corrected chi connectivity index (χ3v) is 12.6. The lowest BCUT2D eigenvalue weighted by molar-refractivity contribution is -0.347. The minimum atomic E-state index is -5.94. The zero-order chi connectivity index (χ0) is 44.4. The Bertz CT molecular complexity index is 1950. The van der Waals surface area contributed by atoms with Gasteiger partial charge in [0.2, 0.25) is 11.8 Å². The highest BCUT2D eigenvalue weighted by Gasteiger charge is 2.55. The Labute approximate surface area is 343 Å². The standard InChI is InChI=1S/C31H52N7O17P3S/c1-6-7-8-9-19(2)14-22(40)59-13-12-33-21(39)10-11-34-29(43)26(42)30(3,4)16-52-58(49,50)55-57(47,48)51-15-20-24(54-56(44,45)46)25(41)31(5,53-20)38-18-37-23-27(32)35-17-36-28(23)38/h17-18,20,24-26,41-42H,2,6-16H2,1,3-5H3,(H,33,39)(H,34,43)(H,47,48)(H,49,50)(H2,32,35,36)(H2,44,45,46)/p-4. The normalized spacial score (nSPS) is 22.4. The fourth-order valence-corrected chi connectivity index (χ4v) is 9.02. The number of phosphoric ester groups is 3. The summed E-state index contributed by atoms with van der Waals surface area (Å²) in [4.78, 5) is 96.8. The fourth-order valence-electron chi connectivity index (χ4n) is 5.55. The molecule has 0 saturated carbocycles. The van der Waals surface area contributed by atoms with E-state index in [1.54, 1.807) is 0 Å². The molecule has 0 aliphatic carbocycles. The van der Waals surface area contributed by atoms with Crippen LogP contribution in [0.15, 0.2) is 24.8 Å². The van der Waals surface area contributed by atoms with E-state index < -0.39 is 84.1 Å². The van der Waals surface area contributed by atoms with Crippen LogP contribution in [0.5, 0.6) is 0 Å². The molecule has 7 atom stereocenters. The number of nitrogen functional groups attached to an aromatic ring is 1. The molecule has 2 amide bonds. The molecule has 24 nitrogen and oxygen atoms in total. The van der Waals surface area contributed by atoms with Gasteiger partial charge in [-0.2, -0.15) is 0 Å². The van der Waals surface area contributed by atoms with Crippen molar-refractivity contribution in [3.05, 3.63) is 24.8 Å². The van der Waals surface area contributed by atoms with Gasteiger partial charge in [0.25, 0.3) is 15.6 Å². The lowest BCUT2D eigenvalue weighted by Crippen LogP contribution is -2.46. The van der Waals surface area contributed by atoms with Crippen LogP contribution in [-0.4, -0.2) is 103 Å². The van der Waals surface area contributed by atoms with Crippen molar-refractivity contribution in [3.63, 3.8) is 0 Å². The molecule has 3 heterocycles. The number of carbonyl (C=O) groups excluding carboxylic acids is 3. The molecule has 1 aliphatic rings. The van der Waals surface area contributed by atoms with Crippen molar-refractivity contribution in [3.8, 4) is 0 Å². The van der Waals surface area contributed by atoms with Crippen molar-refractivity contribution in [2.75, 3.05) is 37.8 Å². The molecule has 1 fully saturated rings. The van der Waals surface area contributed by atoms with E-state index in [2.05, 4.69) is 57.0 Å². The molecule has 0 bridgehead atoms. The number of aromatic nitrogens is 4. The maximum atomic E-state index is 12.6. The van der Waals surface area contributed by atoms with Crippen LogP contribution in [0.1, 0.15) is 66.2 Å². The van der Waals surface area contributed by atoms with Crippen molar-refractivity contribution >= 4 is 69.1 Å². The van der Waals surface area contributed by atoms with Gasteiger partial charge < -0.3 is 69.0 Å². The molecular formula is C31H48N7O17P3S-4. The Morgan fingerprint density at radius 1 is 1.08 bits per heavy atom. The lowest BCUT2D eigenvalue weighted by Gasteiger charge is -2.36. The van der Waals surface area contributed by atoms with E-state index in [1.165, 1.54) is 20.8 Å². The van der Waals surface area contributed by atoms with Crippen molar-refractivity contribution in [2.24, 2.45) is 5.41 Å². The number of aliphatic hydroxyl groups is 2. The quantitative estimate of drug-likeness (QED) is 0.0445. The van der Waals surface area contributed by atoms with Crippen LogP contribution in [-0.2, 0) is 56.4 Å². The van der Waals surface area contributed by atoms with Crippen LogP contribution < -0.4 is 35.9 Å². The summed E-state index contributed by atoms with van der Waals surface area (Å²) in [5, 5.41) is 26.5. The molecule has 28 heteroatoms. The van der Waals surface area contributed by atoms with E-state index in [0.717, 1.165) is 60.2 Å². The van der Waals surface area contributed by atoms with Crippen molar-refractivity contribution in [1.82, 2.24) is 30.2 Å². The second-order valence-corrected chi connectivity index (χ2v) is 19.4. The molecular weight excluding hydrogens is 867 g/mol. The van der Waals surface area contributed by atoms with Crippen LogP contribution in [0.25, 0.3) is 11.2 Å². The summed E-state index contributed by atoms with van der Waals surface area (Å²) in [7, 11) is -17.7. The molecule has 59 heavy (non-hydrogen) atoms. The number of thioether (sulfide) groups is 1. The number of nitrogens with two attached hydrogens (primary N) is 1. The highest BCUT2D eigenvalue weighted by Crippen LogP contribution is 2.56. The number of rotatable bonds is 25.